The summed E-state index contributed by atoms with van der Waals surface area (Å²) in [5, 5.41) is 20.9. The lowest BCUT2D eigenvalue weighted by atomic mass is 10.1. The fourth-order valence-electron chi connectivity index (χ4n) is 2.16. The Hall–Kier alpha value is -1.48. The topological polar surface area (TPSA) is 133 Å². The molecule has 0 radical (unpaired) electrons. The van der Waals surface area contributed by atoms with E-state index in [0.717, 1.165) is 4.90 Å². The lowest BCUT2D eigenvalue weighted by molar-refractivity contribution is -0.148. The molecule has 5 N–H and O–H groups in total. The lowest BCUT2D eigenvalue weighted by Gasteiger charge is -2.26. The van der Waals surface area contributed by atoms with E-state index in [1.807, 2.05) is 6.26 Å². The molecule has 0 aromatic heterocycles. The van der Waals surface area contributed by atoms with Gasteiger partial charge in [0.1, 0.15) is 12.1 Å². The fraction of sp³-hybridized carbons (Fsp3) is 0.727. The van der Waals surface area contributed by atoms with Crippen LogP contribution in [-0.4, -0.2) is 69.8 Å². The number of nitrogens with one attached hydrogen (secondary N) is 1. The van der Waals surface area contributed by atoms with Crippen molar-refractivity contribution in [2.24, 2.45) is 5.73 Å². The highest BCUT2D eigenvalue weighted by molar-refractivity contribution is 7.98. The maximum atomic E-state index is 12.3. The number of hydrogen-bond acceptors (Lipinski definition) is 5. The molecule has 9 heteroatoms. The first kappa shape index (κ1) is 16.6. The second-order valence-corrected chi connectivity index (χ2v) is 5.56. The number of amides is 3. The fourth-order valence-corrected chi connectivity index (χ4v) is 2.63. The number of thioether (sulfide) groups is 1. The molecule has 3 atom stereocenters. The second-order valence-electron chi connectivity index (χ2n) is 4.58. The number of hydrogen-bond donors (Lipinski definition) is 4. The van der Waals surface area contributed by atoms with Crippen LogP contribution in [0.5, 0.6) is 0 Å². The third-order valence-electron chi connectivity index (χ3n) is 3.07. The van der Waals surface area contributed by atoms with Gasteiger partial charge in [-0.25, -0.2) is 9.59 Å². The monoisotopic (exact) mass is 305 g/mol. The molecule has 0 spiro atoms. The van der Waals surface area contributed by atoms with Crippen molar-refractivity contribution in [2.45, 2.75) is 31.0 Å². The smallest absolute Gasteiger partial charge is 0.326 e. The molecule has 1 fully saturated rings. The van der Waals surface area contributed by atoms with Crippen LogP contribution in [-0.2, 0) is 9.59 Å². The average molecular weight is 305 g/mol. The Labute approximate surface area is 120 Å². The summed E-state index contributed by atoms with van der Waals surface area (Å²) in [4.78, 5) is 35.4. The normalized spacial score (nSPS) is 23.4. The molecule has 1 saturated heterocycles. The number of aliphatic hydroxyl groups is 1. The standard InChI is InChI=1S/C11H19N3O5S/c1-20-3-2-7(13-11(12)19)9(16)14-5-6(15)4-8(14)10(17)18/h6-8,15H,2-5H2,1H3,(H,17,18)(H3,12,13,19). The van der Waals surface area contributed by atoms with Gasteiger partial charge in [-0.1, -0.05) is 0 Å². The van der Waals surface area contributed by atoms with E-state index in [-0.39, 0.29) is 13.0 Å². The number of carbonyl (C=O) groups is 3. The third kappa shape index (κ3) is 4.27. The Morgan fingerprint density at radius 3 is 2.65 bits per heavy atom. The number of nitrogens with two attached hydrogens (primary N) is 1. The molecular weight excluding hydrogens is 286 g/mol. The number of aliphatic carboxylic acids is 1. The molecule has 3 amide bonds. The van der Waals surface area contributed by atoms with Crippen molar-refractivity contribution in [1.29, 1.82) is 0 Å². The van der Waals surface area contributed by atoms with Gasteiger partial charge in [-0.15, -0.1) is 0 Å². The molecule has 20 heavy (non-hydrogen) atoms. The zero-order chi connectivity index (χ0) is 15.3. The molecule has 3 unspecified atom stereocenters. The minimum absolute atomic E-state index is 0.00705. The van der Waals surface area contributed by atoms with E-state index in [2.05, 4.69) is 5.32 Å². The highest BCUT2D eigenvalue weighted by Crippen LogP contribution is 2.20. The first-order chi connectivity index (χ1) is 9.36. The molecule has 0 aromatic rings. The number of nitrogens with zero attached hydrogens (tertiary/aromatic N) is 1. The Morgan fingerprint density at radius 1 is 1.50 bits per heavy atom. The number of likely N-dealkylation sites (tertiary alicyclic amines) is 1. The van der Waals surface area contributed by atoms with Gasteiger partial charge in [0.2, 0.25) is 5.91 Å². The van der Waals surface area contributed by atoms with Gasteiger partial charge >= 0.3 is 12.0 Å². The molecule has 114 valence electrons. The lowest BCUT2D eigenvalue weighted by Crippen LogP contribution is -2.53. The first-order valence-electron chi connectivity index (χ1n) is 6.13. The molecule has 1 rings (SSSR count). The van der Waals surface area contributed by atoms with Crippen molar-refractivity contribution in [1.82, 2.24) is 10.2 Å². The van der Waals surface area contributed by atoms with Gasteiger partial charge in [0.15, 0.2) is 0 Å². The minimum atomic E-state index is -1.17. The third-order valence-corrected chi connectivity index (χ3v) is 3.72. The quantitative estimate of drug-likeness (QED) is 0.488. The predicted octanol–water partition coefficient (Wildman–Crippen LogP) is -1.18. The molecule has 0 aromatic carbocycles. The number of β-amino-alcohol motifs (C(OH)–C–C–N with tert-alkyl or cyclic N) is 1. The molecule has 1 aliphatic heterocycles. The van der Waals surface area contributed by atoms with Crippen LogP contribution in [0.2, 0.25) is 0 Å². The molecule has 1 aliphatic rings. The van der Waals surface area contributed by atoms with Crippen LogP contribution in [0.4, 0.5) is 4.79 Å². The largest absolute Gasteiger partial charge is 0.480 e. The number of aliphatic hydroxyl groups excluding tert-OH is 1. The zero-order valence-electron chi connectivity index (χ0n) is 11.1. The van der Waals surface area contributed by atoms with Crippen LogP contribution >= 0.6 is 11.8 Å². The average Bonchev–Trinajstić information content (AvgIpc) is 2.75. The van der Waals surface area contributed by atoms with E-state index in [1.165, 1.54) is 11.8 Å². The van der Waals surface area contributed by atoms with Crippen LogP contribution < -0.4 is 11.1 Å². The Bertz CT molecular complexity index is 392. The van der Waals surface area contributed by atoms with Gasteiger partial charge in [-0.3, -0.25) is 4.79 Å². The van der Waals surface area contributed by atoms with Gasteiger partial charge in [0.25, 0.3) is 0 Å². The van der Waals surface area contributed by atoms with Crippen LogP contribution in [0.15, 0.2) is 0 Å². The summed E-state index contributed by atoms with van der Waals surface area (Å²) in [5.74, 6) is -1.08. The van der Waals surface area contributed by atoms with Crippen molar-refractivity contribution in [3.05, 3.63) is 0 Å². The van der Waals surface area contributed by atoms with Crippen LogP contribution in [0.1, 0.15) is 12.8 Å². The zero-order valence-corrected chi connectivity index (χ0v) is 11.9. The number of rotatable bonds is 6. The van der Waals surface area contributed by atoms with E-state index in [9.17, 15) is 19.5 Å². The molecule has 0 saturated carbocycles. The number of carboxylic acids is 1. The van der Waals surface area contributed by atoms with Crippen molar-refractivity contribution in [3.8, 4) is 0 Å². The summed E-state index contributed by atoms with van der Waals surface area (Å²) >= 11 is 1.50. The van der Waals surface area contributed by atoms with Gasteiger partial charge in [-0.2, -0.15) is 11.8 Å². The number of urea groups is 1. The maximum absolute atomic E-state index is 12.3. The van der Waals surface area contributed by atoms with E-state index in [4.69, 9.17) is 10.8 Å². The molecule has 1 heterocycles. The number of primary amides is 1. The van der Waals surface area contributed by atoms with E-state index >= 15 is 0 Å². The van der Waals surface area contributed by atoms with E-state index in [1.54, 1.807) is 0 Å². The molecule has 8 nitrogen and oxygen atoms in total. The molecule has 0 bridgehead atoms. The van der Waals surface area contributed by atoms with Gasteiger partial charge in [0, 0.05) is 13.0 Å². The molecule has 0 aliphatic carbocycles. The van der Waals surface area contributed by atoms with Crippen LogP contribution in [0.25, 0.3) is 0 Å². The van der Waals surface area contributed by atoms with Gasteiger partial charge in [-0.05, 0) is 18.4 Å². The summed E-state index contributed by atoms with van der Waals surface area (Å²) in [7, 11) is 0. The first-order valence-corrected chi connectivity index (χ1v) is 7.52. The summed E-state index contributed by atoms with van der Waals surface area (Å²) < 4.78 is 0. The van der Waals surface area contributed by atoms with Gasteiger partial charge in [0.05, 0.1) is 6.10 Å². The van der Waals surface area contributed by atoms with E-state index < -0.39 is 36.1 Å². The number of carbonyl (C=O) groups excluding carboxylic acids is 2. The summed E-state index contributed by atoms with van der Waals surface area (Å²) in [6.07, 6.45) is 1.33. The molecular formula is C11H19N3O5S. The number of carboxylic acid groups (broad SMARTS) is 1. The minimum Gasteiger partial charge on any atom is -0.480 e. The van der Waals surface area contributed by atoms with Gasteiger partial charge < -0.3 is 26.2 Å². The highest BCUT2D eigenvalue weighted by atomic mass is 32.2. The van der Waals surface area contributed by atoms with Crippen molar-refractivity contribution in [3.63, 3.8) is 0 Å². The van der Waals surface area contributed by atoms with Crippen LogP contribution in [0.3, 0.4) is 0 Å². The summed E-state index contributed by atoms with van der Waals surface area (Å²) in [6.45, 7) is -0.0496. The Balaban J connectivity index is 2.81. The van der Waals surface area contributed by atoms with Crippen LogP contribution in [0, 0.1) is 0 Å². The second kappa shape index (κ2) is 7.34. The maximum Gasteiger partial charge on any atom is 0.326 e. The van der Waals surface area contributed by atoms with Crippen molar-refractivity contribution >= 4 is 29.7 Å². The SMILES string of the molecule is CSCCC(NC(N)=O)C(=O)N1CC(O)CC1C(=O)O. The predicted molar refractivity (Wildman–Crippen MR) is 73.3 cm³/mol. The Kier molecular flexibility index (Phi) is 6.08. The van der Waals surface area contributed by atoms with E-state index in [0.29, 0.717) is 12.2 Å². The van der Waals surface area contributed by atoms with Crippen molar-refractivity contribution < 1.29 is 24.6 Å². The Morgan fingerprint density at radius 2 is 2.15 bits per heavy atom. The highest BCUT2D eigenvalue weighted by Gasteiger charge is 2.41. The summed E-state index contributed by atoms with van der Waals surface area (Å²) in [5.41, 5.74) is 5.03. The summed E-state index contributed by atoms with van der Waals surface area (Å²) in [6, 6.07) is -2.77. The van der Waals surface area contributed by atoms with Crippen molar-refractivity contribution in [2.75, 3.05) is 18.6 Å².